The lowest BCUT2D eigenvalue weighted by Gasteiger charge is -2.12. The molecule has 2 unspecified atom stereocenters. The minimum atomic E-state index is -4.42. The number of unbranched alkanes of at least 4 members (excludes halogenated alkanes) is 2. The van der Waals surface area contributed by atoms with Crippen LogP contribution in [0.25, 0.3) is 22.5 Å². The van der Waals surface area contributed by atoms with Crippen LogP contribution < -0.4 is 0 Å². The van der Waals surface area contributed by atoms with Crippen molar-refractivity contribution >= 4 is 20.2 Å². The van der Waals surface area contributed by atoms with Crippen LogP contribution in [0.1, 0.15) is 100 Å². The normalized spacial score (nSPS) is 14.3. The standard InChI is InChI=1S/C43H44N4O8S2/c1-26-8-12-28(13-9-26)24-46-42-34-22-32(56(50,51)52)18-16-30(34)20-36(42)40(44-46)38(48)6-4-3-5-7-39(49)41-37-21-31-17-19-33(57(53,54)55)23-35(31)43(37)47(45-41)25-29-14-10-27(2)11-15-29/h8-19,22-23,38-39,48-49H,3-7,20-21,24-25H2,1-2H3,(H,50,51,52)(H,53,54,55). The summed E-state index contributed by atoms with van der Waals surface area (Å²) < 4.78 is 71.3. The number of hydrogen-bond donors (Lipinski definition) is 4. The van der Waals surface area contributed by atoms with Gasteiger partial charge in [0.25, 0.3) is 20.2 Å². The second-order valence-electron chi connectivity index (χ2n) is 15.3. The number of aryl methyl sites for hydroxylation is 2. The van der Waals surface area contributed by atoms with E-state index < -0.39 is 32.4 Å². The summed E-state index contributed by atoms with van der Waals surface area (Å²) in [5.74, 6) is 0. The van der Waals surface area contributed by atoms with Crippen LogP contribution in [0.5, 0.6) is 0 Å². The number of aliphatic hydroxyl groups is 2. The fourth-order valence-electron chi connectivity index (χ4n) is 8.17. The summed E-state index contributed by atoms with van der Waals surface area (Å²) in [7, 11) is -8.84. The highest BCUT2D eigenvalue weighted by atomic mass is 32.2. The molecule has 0 spiro atoms. The Bertz CT molecular complexity index is 2530. The van der Waals surface area contributed by atoms with E-state index in [9.17, 15) is 36.2 Å². The van der Waals surface area contributed by atoms with E-state index in [0.717, 1.165) is 62.3 Å². The van der Waals surface area contributed by atoms with Gasteiger partial charge in [-0.3, -0.25) is 18.5 Å². The van der Waals surface area contributed by atoms with Gasteiger partial charge in [0, 0.05) is 35.1 Å². The van der Waals surface area contributed by atoms with Crippen molar-refractivity contribution in [3.63, 3.8) is 0 Å². The van der Waals surface area contributed by atoms with Crippen LogP contribution >= 0.6 is 0 Å². The third-order valence-electron chi connectivity index (χ3n) is 11.2. The average molecular weight is 809 g/mol. The van der Waals surface area contributed by atoms with E-state index in [1.165, 1.54) is 24.3 Å². The molecule has 2 aliphatic rings. The molecular formula is C43H44N4O8S2. The predicted octanol–water partition coefficient (Wildman–Crippen LogP) is 7.15. The second kappa shape index (κ2) is 15.1. The molecule has 12 nitrogen and oxygen atoms in total. The van der Waals surface area contributed by atoms with E-state index in [1.54, 1.807) is 12.1 Å². The Morgan fingerprint density at radius 2 is 0.965 bits per heavy atom. The number of aromatic nitrogens is 4. The zero-order valence-electron chi connectivity index (χ0n) is 31.6. The van der Waals surface area contributed by atoms with Crippen molar-refractivity contribution in [2.75, 3.05) is 0 Å². The topological polar surface area (TPSA) is 185 Å². The molecule has 0 bridgehead atoms. The van der Waals surface area contributed by atoms with Crippen molar-refractivity contribution in [3.8, 4) is 22.5 Å². The Labute approximate surface area is 332 Å². The predicted molar refractivity (Wildman–Crippen MR) is 214 cm³/mol. The first-order valence-electron chi connectivity index (χ1n) is 19.0. The summed E-state index contributed by atoms with van der Waals surface area (Å²) in [6, 6.07) is 25.3. The van der Waals surface area contributed by atoms with Gasteiger partial charge in [0.05, 0.1) is 57.9 Å². The zero-order chi connectivity index (χ0) is 40.2. The van der Waals surface area contributed by atoms with Gasteiger partial charge in [-0.1, -0.05) is 91.1 Å². The highest BCUT2D eigenvalue weighted by molar-refractivity contribution is 7.86. The van der Waals surface area contributed by atoms with E-state index in [-0.39, 0.29) is 9.79 Å². The lowest BCUT2D eigenvalue weighted by Crippen LogP contribution is -2.08. The third-order valence-corrected chi connectivity index (χ3v) is 12.9. The third kappa shape index (κ3) is 7.85. The molecule has 0 amide bonds. The summed E-state index contributed by atoms with van der Waals surface area (Å²) in [4.78, 5) is -0.388. The van der Waals surface area contributed by atoms with Crippen LogP contribution in [0.15, 0.2) is 94.7 Å². The van der Waals surface area contributed by atoms with Crippen LogP contribution in [0.4, 0.5) is 0 Å². The van der Waals surface area contributed by atoms with Crippen molar-refractivity contribution in [1.29, 1.82) is 0 Å². The molecule has 296 valence electrons. The lowest BCUT2D eigenvalue weighted by atomic mass is 10.00. The van der Waals surface area contributed by atoms with E-state index in [2.05, 4.69) is 0 Å². The van der Waals surface area contributed by atoms with Gasteiger partial charge in [0.1, 0.15) is 0 Å². The summed E-state index contributed by atoms with van der Waals surface area (Å²) in [6.07, 6.45) is 2.13. The highest BCUT2D eigenvalue weighted by Gasteiger charge is 2.33. The molecule has 14 heteroatoms. The van der Waals surface area contributed by atoms with Crippen molar-refractivity contribution in [2.24, 2.45) is 0 Å². The number of aliphatic hydroxyl groups excluding tert-OH is 2. The molecule has 2 aliphatic carbocycles. The quantitative estimate of drug-likeness (QED) is 0.0650. The summed E-state index contributed by atoms with van der Waals surface area (Å²) in [5.41, 5.74) is 11.6. The van der Waals surface area contributed by atoms with E-state index in [1.807, 2.05) is 71.7 Å². The van der Waals surface area contributed by atoms with Crippen LogP contribution in [-0.4, -0.2) is 55.7 Å². The molecule has 0 saturated heterocycles. The van der Waals surface area contributed by atoms with Crippen LogP contribution in [0, 0.1) is 13.8 Å². The molecule has 2 atom stereocenters. The zero-order valence-corrected chi connectivity index (χ0v) is 33.3. The summed E-state index contributed by atoms with van der Waals surface area (Å²) in [6.45, 7) is 4.85. The molecule has 0 radical (unpaired) electrons. The Kier molecular flexibility index (Phi) is 10.3. The smallest absolute Gasteiger partial charge is 0.294 e. The molecular weight excluding hydrogens is 765 g/mol. The first-order valence-corrected chi connectivity index (χ1v) is 21.9. The molecule has 2 aromatic heterocycles. The SMILES string of the molecule is Cc1ccc(Cn2nc(C(O)CCCCCC(O)c3nn(Cc4ccc(C)cc4)c4c3Cc3ccc(S(=O)(=O)O)cc3-4)c3c2-c2cc(S(=O)(=O)O)ccc2C3)cc1. The molecule has 4 N–H and O–H groups in total. The van der Waals surface area contributed by atoms with Crippen molar-refractivity contribution in [3.05, 3.63) is 141 Å². The van der Waals surface area contributed by atoms with Gasteiger partial charge in [-0.05, 0) is 73.2 Å². The molecule has 0 fully saturated rings. The van der Waals surface area contributed by atoms with Crippen LogP contribution in [0.3, 0.4) is 0 Å². The van der Waals surface area contributed by atoms with Gasteiger partial charge in [0.15, 0.2) is 0 Å². The fourth-order valence-corrected chi connectivity index (χ4v) is 9.19. The first-order chi connectivity index (χ1) is 27.1. The Balaban J connectivity index is 0.972. The Morgan fingerprint density at radius 1 is 0.579 bits per heavy atom. The van der Waals surface area contributed by atoms with E-state index in [4.69, 9.17) is 10.2 Å². The molecule has 0 aliphatic heterocycles. The molecule has 57 heavy (non-hydrogen) atoms. The molecule has 8 rings (SSSR count). The maximum absolute atomic E-state index is 12.0. The van der Waals surface area contributed by atoms with Gasteiger partial charge >= 0.3 is 0 Å². The lowest BCUT2D eigenvalue weighted by molar-refractivity contribution is 0.148. The fraction of sp³-hybridized carbons (Fsp3) is 0.302. The first kappa shape index (κ1) is 38.9. The van der Waals surface area contributed by atoms with Gasteiger partial charge in [-0.25, -0.2) is 0 Å². The van der Waals surface area contributed by atoms with Crippen LogP contribution in [0.2, 0.25) is 0 Å². The van der Waals surface area contributed by atoms with Crippen molar-refractivity contribution < 1.29 is 36.2 Å². The summed E-state index contributed by atoms with van der Waals surface area (Å²) in [5, 5.41) is 32.8. The molecule has 0 saturated carbocycles. The molecule has 4 aromatic carbocycles. The minimum absolute atomic E-state index is 0.194. The Morgan fingerprint density at radius 3 is 1.33 bits per heavy atom. The average Bonchev–Trinajstić information content (AvgIpc) is 3.91. The maximum atomic E-state index is 12.0. The van der Waals surface area contributed by atoms with Gasteiger partial charge in [-0.15, -0.1) is 0 Å². The van der Waals surface area contributed by atoms with Crippen molar-refractivity contribution in [1.82, 2.24) is 19.6 Å². The number of benzene rings is 4. The van der Waals surface area contributed by atoms with Crippen LogP contribution in [-0.2, 0) is 46.2 Å². The molecule has 2 heterocycles. The maximum Gasteiger partial charge on any atom is 0.294 e. The number of fused-ring (bicyclic) bond motifs is 6. The monoisotopic (exact) mass is 808 g/mol. The number of nitrogens with zero attached hydrogens (tertiary/aromatic N) is 4. The summed E-state index contributed by atoms with van der Waals surface area (Å²) >= 11 is 0. The van der Waals surface area contributed by atoms with Gasteiger partial charge in [0.2, 0.25) is 0 Å². The van der Waals surface area contributed by atoms with Gasteiger partial charge in [-0.2, -0.15) is 27.0 Å². The Hall–Kier alpha value is -4.96. The minimum Gasteiger partial charge on any atom is -0.387 e. The number of rotatable bonds is 14. The molecule has 6 aromatic rings. The second-order valence-corrected chi connectivity index (χ2v) is 18.2. The van der Waals surface area contributed by atoms with Gasteiger partial charge < -0.3 is 10.2 Å². The van der Waals surface area contributed by atoms with E-state index >= 15 is 0 Å². The number of hydrogen-bond acceptors (Lipinski definition) is 8. The van der Waals surface area contributed by atoms with Crippen molar-refractivity contribution in [2.45, 2.75) is 93.9 Å². The highest BCUT2D eigenvalue weighted by Crippen LogP contribution is 2.44. The van der Waals surface area contributed by atoms with E-state index in [0.29, 0.717) is 74.1 Å². The largest absolute Gasteiger partial charge is 0.387 e.